The summed E-state index contributed by atoms with van der Waals surface area (Å²) in [7, 11) is 0. The van der Waals surface area contributed by atoms with Crippen molar-refractivity contribution in [2.45, 2.75) is 6.04 Å². The average Bonchev–Trinajstić information content (AvgIpc) is 1.98. The Hall–Kier alpha value is -0.810. The second-order valence-electron chi connectivity index (χ2n) is 1.66. The normalized spacial score (nSPS) is 26.8. The van der Waals surface area contributed by atoms with Crippen LogP contribution in [0.3, 0.4) is 0 Å². The molecule has 0 aromatic carbocycles. The second kappa shape index (κ2) is 1.85. The minimum absolute atomic E-state index is 0.0278. The fraction of sp³-hybridized carbons (Fsp3) is 0.250. The van der Waals surface area contributed by atoms with Gasteiger partial charge >= 0.3 is 0 Å². The number of carbonyl (C=O) groups is 2. The molecule has 0 radical (unpaired) electrons. The SMILES string of the molecule is NC1C(=O)NC(=O)C1=S. The number of nitrogens with one attached hydrogen (secondary N) is 1. The third-order valence-corrected chi connectivity index (χ3v) is 1.46. The zero-order chi connectivity index (χ0) is 7.02. The van der Waals surface area contributed by atoms with E-state index in [0.29, 0.717) is 0 Å². The van der Waals surface area contributed by atoms with Crippen molar-refractivity contribution in [1.82, 2.24) is 5.32 Å². The fourth-order valence-electron chi connectivity index (χ4n) is 0.512. The molecule has 0 spiro atoms. The van der Waals surface area contributed by atoms with Gasteiger partial charge in [-0.1, -0.05) is 12.2 Å². The van der Waals surface area contributed by atoms with E-state index in [2.05, 4.69) is 12.2 Å². The molecule has 2 amide bonds. The zero-order valence-corrected chi connectivity index (χ0v) is 5.20. The number of imide groups is 1. The van der Waals surface area contributed by atoms with Gasteiger partial charge in [-0.3, -0.25) is 14.9 Å². The summed E-state index contributed by atoms with van der Waals surface area (Å²) in [6.07, 6.45) is 0. The maximum Gasteiger partial charge on any atom is 0.266 e. The molecule has 1 rings (SSSR count). The van der Waals surface area contributed by atoms with Crippen molar-refractivity contribution < 1.29 is 9.59 Å². The van der Waals surface area contributed by atoms with Gasteiger partial charge in [0.15, 0.2) is 0 Å². The summed E-state index contributed by atoms with van der Waals surface area (Å²) >= 11 is 4.48. The predicted octanol–water partition coefficient (Wildman–Crippen LogP) is -1.66. The minimum atomic E-state index is -0.910. The molecule has 0 saturated carbocycles. The summed E-state index contributed by atoms with van der Waals surface area (Å²) in [5.41, 5.74) is 5.14. The van der Waals surface area contributed by atoms with Crippen molar-refractivity contribution in [2.75, 3.05) is 0 Å². The number of rotatable bonds is 0. The molecule has 3 N–H and O–H groups in total. The van der Waals surface area contributed by atoms with Gasteiger partial charge in [0.25, 0.3) is 5.91 Å². The van der Waals surface area contributed by atoms with Crippen molar-refractivity contribution in [3.05, 3.63) is 0 Å². The number of hydrogen-bond donors (Lipinski definition) is 2. The first-order valence-electron chi connectivity index (χ1n) is 2.27. The van der Waals surface area contributed by atoms with E-state index in [1.165, 1.54) is 0 Å². The molecule has 9 heavy (non-hydrogen) atoms. The van der Waals surface area contributed by atoms with E-state index >= 15 is 0 Å². The lowest BCUT2D eigenvalue weighted by atomic mass is 10.3. The largest absolute Gasteiger partial charge is 0.315 e. The van der Waals surface area contributed by atoms with E-state index in [1.807, 2.05) is 5.32 Å². The van der Waals surface area contributed by atoms with Crippen LogP contribution in [0.4, 0.5) is 0 Å². The van der Waals surface area contributed by atoms with Crippen LogP contribution in [0.2, 0.25) is 0 Å². The fourth-order valence-corrected chi connectivity index (χ4v) is 0.670. The van der Waals surface area contributed by atoms with Gasteiger partial charge in [0.05, 0.1) is 0 Å². The van der Waals surface area contributed by atoms with E-state index < -0.39 is 17.9 Å². The maximum atomic E-state index is 10.5. The Morgan fingerprint density at radius 3 is 2.22 bits per heavy atom. The minimum Gasteiger partial charge on any atom is -0.315 e. The van der Waals surface area contributed by atoms with Gasteiger partial charge in [0.1, 0.15) is 10.9 Å². The molecule has 5 heteroatoms. The first kappa shape index (κ1) is 6.31. The topological polar surface area (TPSA) is 72.2 Å². The van der Waals surface area contributed by atoms with Gasteiger partial charge in [-0.2, -0.15) is 0 Å². The molecule has 1 unspecified atom stereocenters. The third-order valence-electron chi connectivity index (χ3n) is 1.03. The molecular formula is C4H4N2O2S. The van der Waals surface area contributed by atoms with Crippen molar-refractivity contribution in [3.63, 3.8) is 0 Å². The number of thiocarbonyl (C=S) groups is 1. The van der Waals surface area contributed by atoms with Crippen LogP contribution in [-0.4, -0.2) is 22.7 Å². The highest BCUT2D eigenvalue weighted by Crippen LogP contribution is 1.94. The summed E-state index contributed by atoms with van der Waals surface area (Å²) in [4.78, 5) is 20.9. The van der Waals surface area contributed by atoms with Crippen LogP contribution in [0, 0.1) is 0 Å². The maximum absolute atomic E-state index is 10.5. The lowest BCUT2D eigenvalue weighted by Gasteiger charge is -1.90. The molecule has 1 atom stereocenters. The highest BCUT2D eigenvalue weighted by Gasteiger charge is 2.32. The number of carbonyl (C=O) groups excluding carboxylic acids is 2. The molecule has 1 saturated heterocycles. The molecule has 0 aromatic heterocycles. The summed E-state index contributed by atoms with van der Waals surface area (Å²) in [6, 6.07) is -0.910. The molecule has 1 aliphatic rings. The van der Waals surface area contributed by atoms with E-state index in [-0.39, 0.29) is 4.86 Å². The molecule has 0 aliphatic carbocycles. The van der Waals surface area contributed by atoms with Crippen LogP contribution in [0.15, 0.2) is 0 Å². The van der Waals surface area contributed by atoms with Crippen LogP contribution in [0.25, 0.3) is 0 Å². The molecule has 1 aliphatic heterocycles. The highest BCUT2D eigenvalue weighted by atomic mass is 32.1. The molecule has 0 bridgehead atoms. The van der Waals surface area contributed by atoms with Gasteiger partial charge in [0.2, 0.25) is 5.91 Å². The van der Waals surface area contributed by atoms with Crippen molar-refractivity contribution in [1.29, 1.82) is 0 Å². The Morgan fingerprint density at radius 2 is 2.11 bits per heavy atom. The Morgan fingerprint density at radius 1 is 1.56 bits per heavy atom. The van der Waals surface area contributed by atoms with Crippen molar-refractivity contribution in [2.24, 2.45) is 5.73 Å². The third kappa shape index (κ3) is 0.839. The standard InChI is InChI=1S/C4H4N2O2S/c5-1-2(9)4(8)6-3(1)7/h1H,5H2,(H,6,7,8). The number of amides is 2. The summed E-state index contributed by atoms with van der Waals surface area (Å²) < 4.78 is 0. The molecule has 0 aromatic rings. The van der Waals surface area contributed by atoms with Gasteiger partial charge in [-0.25, -0.2) is 0 Å². The lowest BCUT2D eigenvalue weighted by Crippen LogP contribution is -2.33. The Kier molecular flexibility index (Phi) is 1.30. The van der Waals surface area contributed by atoms with Crippen LogP contribution in [-0.2, 0) is 9.59 Å². The molecule has 1 fully saturated rings. The van der Waals surface area contributed by atoms with E-state index in [4.69, 9.17) is 5.73 Å². The first-order valence-corrected chi connectivity index (χ1v) is 2.68. The summed E-state index contributed by atoms with van der Waals surface area (Å²) in [5.74, 6) is -1.05. The number of nitrogens with two attached hydrogens (primary N) is 1. The monoisotopic (exact) mass is 144 g/mol. The molecule has 48 valence electrons. The second-order valence-corrected chi connectivity index (χ2v) is 2.10. The molecule has 4 nitrogen and oxygen atoms in total. The van der Waals surface area contributed by atoms with Gasteiger partial charge in [-0.05, 0) is 0 Å². The lowest BCUT2D eigenvalue weighted by molar-refractivity contribution is -0.124. The van der Waals surface area contributed by atoms with Crippen molar-refractivity contribution in [3.8, 4) is 0 Å². The molecule has 1 heterocycles. The van der Waals surface area contributed by atoms with Crippen molar-refractivity contribution >= 4 is 28.9 Å². The summed E-state index contributed by atoms with van der Waals surface area (Å²) in [5, 5.41) is 1.97. The van der Waals surface area contributed by atoms with Crippen LogP contribution in [0.1, 0.15) is 0 Å². The first-order chi connectivity index (χ1) is 4.13. The van der Waals surface area contributed by atoms with Crippen LogP contribution in [0.5, 0.6) is 0 Å². The Labute approximate surface area is 56.4 Å². The average molecular weight is 144 g/mol. The quantitative estimate of drug-likeness (QED) is 0.315. The number of hydrogen-bond acceptors (Lipinski definition) is 4. The van der Waals surface area contributed by atoms with Gasteiger partial charge in [-0.15, -0.1) is 0 Å². The van der Waals surface area contributed by atoms with Gasteiger partial charge in [0, 0.05) is 0 Å². The smallest absolute Gasteiger partial charge is 0.266 e. The van der Waals surface area contributed by atoms with Crippen LogP contribution >= 0.6 is 12.2 Å². The van der Waals surface area contributed by atoms with E-state index in [1.54, 1.807) is 0 Å². The Balaban J connectivity index is 2.90. The van der Waals surface area contributed by atoms with E-state index in [0.717, 1.165) is 0 Å². The van der Waals surface area contributed by atoms with Crippen LogP contribution < -0.4 is 11.1 Å². The summed E-state index contributed by atoms with van der Waals surface area (Å²) in [6.45, 7) is 0. The Bertz CT molecular complexity index is 201. The highest BCUT2D eigenvalue weighted by molar-refractivity contribution is 7.82. The molecular weight excluding hydrogens is 140 g/mol. The van der Waals surface area contributed by atoms with Gasteiger partial charge < -0.3 is 5.73 Å². The zero-order valence-electron chi connectivity index (χ0n) is 4.38. The predicted molar refractivity (Wildman–Crippen MR) is 33.7 cm³/mol. The van der Waals surface area contributed by atoms with E-state index in [9.17, 15) is 9.59 Å².